The highest BCUT2D eigenvalue weighted by atomic mass is 19.1. The fourth-order valence-corrected chi connectivity index (χ4v) is 3.71. The number of hydrogen-bond acceptors (Lipinski definition) is 5. The minimum Gasteiger partial charge on any atom is -0.367 e. The van der Waals surface area contributed by atoms with Crippen molar-refractivity contribution in [2.75, 3.05) is 18.0 Å². The molecule has 0 spiro atoms. The third-order valence-electron chi connectivity index (χ3n) is 5.20. The van der Waals surface area contributed by atoms with Crippen molar-refractivity contribution in [3.63, 3.8) is 0 Å². The molecule has 3 aromatic rings. The molecule has 2 aromatic heterocycles. The van der Waals surface area contributed by atoms with Gasteiger partial charge in [-0.1, -0.05) is 18.1 Å². The number of nitrogens with one attached hydrogen (secondary N) is 1. The van der Waals surface area contributed by atoms with Gasteiger partial charge in [0.1, 0.15) is 5.82 Å². The number of aromatic nitrogens is 2. The number of amides is 1. The first kappa shape index (κ1) is 18.4. The lowest BCUT2D eigenvalue weighted by Gasteiger charge is -2.35. The summed E-state index contributed by atoms with van der Waals surface area (Å²) in [7, 11) is 0. The standard InChI is InChI=1S/C21H23FN4O2/c1-3-18-16-10-14(11-23-21(16)28-25-18)20(27)24-15-5-4-8-26(12-15)19-9-13(2)6-7-17(19)22/h6-7,9-11,15H,3-5,8,12H2,1-2H3,(H,24,27). The Morgan fingerprint density at radius 2 is 2.25 bits per heavy atom. The Kier molecular flexibility index (Phi) is 4.98. The Morgan fingerprint density at radius 3 is 3.07 bits per heavy atom. The van der Waals surface area contributed by atoms with Gasteiger partial charge < -0.3 is 14.7 Å². The molecule has 1 unspecified atom stereocenters. The molecule has 28 heavy (non-hydrogen) atoms. The van der Waals surface area contributed by atoms with Crippen LogP contribution in [0.5, 0.6) is 0 Å². The van der Waals surface area contributed by atoms with Crippen LogP contribution in [0.4, 0.5) is 10.1 Å². The molecular formula is C21H23FN4O2. The van der Waals surface area contributed by atoms with Gasteiger partial charge in [0, 0.05) is 25.3 Å². The number of nitrogens with zero attached hydrogens (tertiary/aromatic N) is 3. The molecule has 1 aromatic carbocycles. The Balaban J connectivity index is 1.49. The zero-order chi connectivity index (χ0) is 19.7. The molecule has 1 saturated heterocycles. The van der Waals surface area contributed by atoms with Gasteiger partial charge in [-0.2, -0.15) is 0 Å². The maximum Gasteiger partial charge on any atom is 0.257 e. The van der Waals surface area contributed by atoms with E-state index in [-0.39, 0.29) is 17.8 Å². The second-order valence-corrected chi connectivity index (χ2v) is 7.27. The minimum atomic E-state index is -0.230. The Morgan fingerprint density at radius 1 is 1.39 bits per heavy atom. The zero-order valence-electron chi connectivity index (χ0n) is 16.0. The third kappa shape index (κ3) is 3.56. The van der Waals surface area contributed by atoms with Crippen molar-refractivity contribution in [1.82, 2.24) is 15.5 Å². The van der Waals surface area contributed by atoms with E-state index in [9.17, 15) is 9.18 Å². The monoisotopic (exact) mass is 382 g/mol. The van der Waals surface area contributed by atoms with Crippen LogP contribution in [0.3, 0.4) is 0 Å². The van der Waals surface area contributed by atoms with Crippen LogP contribution < -0.4 is 10.2 Å². The number of carbonyl (C=O) groups is 1. The number of pyridine rings is 1. The predicted molar refractivity (Wildman–Crippen MR) is 105 cm³/mol. The number of benzene rings is 1. The number of fused-ring (bicyclic) bond motifs is 1. The Bertz CT molecular complexity index is 1020. The number of halogens is 1. The summed E-state index contributed by atoms with van der Waals surface area (Å²) in [6.45, 7) is 5.28. The molecule has 4 rings (SSSR count). The highest BCUT2D eigenvalue weighted by Crippen LogP contribution is 2.25. The number of piperidine rings is 1. The molecule has 3 heterocycles. The van der Waals surface area contributed by atoms with Gasteiger partial charge in [0.15, 0.2) is 0 Å². The highest BCUT2D eigenvalue weighted by Gasteiger charge is 2.24. The van der Waals surface area contributed by atoms with Crippen LogP contribution in [0, 0.1) is 12.7 Å². The summed E-state index contributed by atoms with van der Waals surface area (Å²) >= 11 is 0. The third-order valence-corrected chi connectivity index (χ3v) is 5.20. The molecule has 0 bridgehead atoms. The Labute approximate surface area is 162 Å². The fraction of sp³-hybridized carbons (Fsp3) is 0.381. The number of aryl methyl sites for hydroxylation is 2. The molecule has 0 saturated carbocycles. The van der Waals surface area contributed by atoms with Gasteiger partial charge in [-0.15, -0.1) is 0 Å². The molecule has 7 heteroatoms. The minimum absolute atomic E-state index is 0.0509. The lowest BCUT2D eigenvalue weighted by Crippen LogP contribution is -2.48. The maximum absolute atomic E-state index is 14.2. The summed E-state index contributed by atoms with van der Waals surface area (Å²) in [6.07, 6.45) is 3.96. The summed E-state index contributed by atoms with van der Waals surface area (Å²) < 4.78 is 19.4. The number of hydrogen-bond donors (Lipinski definition) is 1. The van der Waals surface area contributed by atoms with Crippen LogP contribution in [-0.2, 0) is 6.42 Å². The van der Waals surface area contributed by atoms with E-state index in [0.717, 1.165) is 36.0 Å². The molecule has 1 aliphatic heterocycles. The van der Waals surface area contributed by atoms with Crippen LogP contribution >= 0.6 is 0 Å². The fourth-order valence-electron chi connectivity index (χ4n) is 3.71. The highest BCUT2D eigenvalue weighted by molar-refractivity contribution is 5.97. The van der Waals surface area contributed by atoms with Crippen molar-refractivity contribution in [1.29, 1.82) is 0 Å². The van der Waals surface area contributed by atoms with E-state index in [4.69, 9.17) is 4.52 Å². The molecule has 1 fully saturated rings. The van der Waals surface area contributed by atoms with Crippen LogP contribution in [-0.4, -0.2) is 35.2 Å². The van der Waals surface area contributed by atoms with Crippen LogP contribution in [0.2, 0.25) is 0 Å². The van der Waals surface area contributed by atoms with Gasteiger partial charge in [0.05, 0.1) is 22.3 Å². The van der Waals surface area contributed by atoms with E-state index in [1.54, 1.807) is 12.1 Å². The smallest absolute Gasteiger partial charge is 0.257 e. The van der Waals surface area contributed by atoms with Crippen LogP contribution in [0.1, 0.15) is 41.4 Å². The summed E-state index contributed by atoms with van der Waals surface area (Å²) in [5.41, 5.74) is 3.31. The topological polar surface area (TPSA) is 71.3 Å². The lowest BCUT2D eigenvalue weighted by molar-refractivity contribution is 0.0933. The number of carbonyl (C=O) groups excluding carboxylic acids is 1. The van der Waals surface area contributed by atoms with Crippen LogP contribution in [0.15, 0.2) is 35.0 Å². The first-order chi connectivity index (χ1) is 13.5. The molecule has 146 valence electrons. The molecule has 1 amide bonds. The summed E-state index contributed by atoms with van der Waals surface area (Å²) in [6, 6.07) is 6.84. The Hall–Kier alpha value is -2.96. The average molecular weight is 382 g/mol. The first-order valence-electron chi connectivity index (χ1n) is 9.61. The van der Waals surface area contributed by atoms with E-state index in [2.05, 4.69) is 15.5 Å². The van der Waals surface area contributed by atoms with Crippen molar-refractivity contribution < 1.29 is 13.7 Å². The van der Waals surface area contributed by atoms with Gasteiger partial charge in [0.2, 0.25) is 0 Å². The molecule has 1 aliphatic rings. The van der Waals surface area contributed by atoms with E-state index in [1.165, 1.54) is 12.3 Å². The van der Waals surface area contributed by atoms with E-state index < -0.39 is 0 Å². The second-order valence-electron chi connectivity index (χ2n) is 7.27. The van der Waals surface area contributed by atoms with Crippen molar-refractivity contribution in [2.24, 2.45) is 0 Å². The quantitative estimate of drug-likeness (QED) is 0.746. The van der Waals surface area contributed by atoms with Gasteiger partial charge in [0.25, 0.3) is 11.6 Å². The maximum atomic E-state index is 14.2. The van der Waals surface area contributed by atoms with Crippen molar-refractivity contribution >= 4 is 22.7 Å². The van der Waals surface area contributed by atoms with Crippen molar-refractivity contribution in [3.8, 4) is 0 Å². The zero-order valence-corrected chi connectivity index (χ0v) is 16.0. The first-order valence-corrected chi connectivity index (χ1v) is 9.61. The lowest BCUT2D eigenvalue weighted by atomic mass is 10.0. The average Bonchev–Trinajstić information content (AvgIpc) is 3.12. The summed E-state index contributed by atoms with van der Waals surface area (Å²) in [4.78, 5) is 19.0. The van der Waals surface area contributed by atoms with E-state index >= 15 is 0 Å². The number of rotatable bonds is 4. The largest absolute Gasteiger partial charge is 0.367 e. The van der Waals surface area contributed by atoms with Crippen molar-refractivity contribution in [2.45, 2.75) is 39.2 Å². The normalized spacial score (nSPS) is 17.1. The van der Waals surface area contributed by atoms with E-state index in [0.29, 0.717) is 29.9 Å². The van der Waals surface area contributed by atoms with Gasteiger partial charge >= 0.3 is 0 Å². The van der Waals surface area contributed by atoms with Crippen molar-refractivity contribution in [3.05, 3.63) is 53.1 Å². The van der Waals surface area contributed by atoms with Gasteiger partial charge in [-0.05, 0) is 49.9 Å². The van der Waals surface area contributed by atoms with Gasteiger partial charge in [-0.3, -0.25) is 4.79 Å². The summed E-state index contributed by atoms with van der Waals surface area (Å²) in [5.74, 6) is -0.416. The molecule has 0 radical (unpaired) electrons. The SMILES string of the molecule is CCc1noc2ncc(C(=O)NC3CCCN(c4cc(C)ccc4F)C3)cc12. The molecule has 1 N–H and O–H groups in total. The molecular weight excluding hydrogens is 359 g/mol. The predicted octanol–water partition coefficient (Wildman–Crippen LogP) is 3.63. The molecule has 1 atom stereocenters. The van der Waals surface area contributed by atoms with Gasteiger partial charge in [-0.25, -0.2) is 9.37 Å². The van der Waals surface area contributed by atoms with Crippen LogP contribution in [0.25, 0.3) is 11.1 Å². The molecule has 6 nitrogen and oxygen atoms in total. The number of anilines is 1. The second kappa shape index (κ2) is 7.58. The van der Waals surface area contributed by atoms with E-state index in [1.807, 2.05) is 24.8 Å². The summed E-state index contributed by atoms with van der Waals surface area (Å²) in [5, 5.41) is 7.81. The molecule has 0 aliphatic carbocycles.